The number of hydrogen-bond donors (Lipinski definition) is 2. The molecule has 36 heavy (non-hydrogen) atoms. The molecule has 1 aliphatic heterocycles. The first-order valence-corrected chi connectivity index (χ1v) is 13.0. The van der Waals surface area contributed by atoms with Gasteiger partial charge in [0.15, 0.2) is 11.5 Å². The fourth-order valence-corrected chi connectivity index (χ4v) is 4.29. The van der Waals surface area contributed by atoms with Crippen molar-refractivity contribution in [3.05, 3.63) is 23.8 Å². The number of ether oxygens (including phenoxy) is 3. The fraction of sp³-hybridized carbons (Fsp3) is 0.741. The molecule has 2 rings (SSSR count). The Kier molecular flexibility index (Phi) is 20.0. The van der Waals surface area contributed by atoms with E-state index in [1.54, 1.807) is 14.2 Å². The van der Waals surface area contributed by atoms with E-state index in [0.717, 1.165) is 88.9 Å². The zero-order valence-electron chi connectivity index (χ0n) is 22.3. The van der Waals surface area contributed by atoms with E-state index < -0.39 is 0 Å². The number of benzene rings is 1. The monoisotopic (exact) mass is 550 g/mol. The molecule has 0 spiro atoms. The van der Waals surface area contributed by atoms with Gasteiger partial charge in [-0.3, -0.25) is 4.79 Å². The maximum absolute atomic E-state index is 12.3. The lowest BCUT2D eigenvalue weighted by Gasteiger charge is -2.29. The van der Waals surface area contributed by atoms with Gasteiger partial charge in [-0.25, -0.2) is 0 Å². The van der Waals surface area contributed by atoms with Crippen LogP contribution in [-0.4, -0.2) is 75.6 Å². The van der Waals surface area contributed by atoms with Crippen molar-refractivity contribution in [2.24, 2.45) is 5.92 Å². The molecule has 0 unspecified atom stereocenters. The van der Waals surface area contributed by atoms with Crippen LogP contribution in [0.2, 0.25) is 0 Å². The molecule has 2 N–H and O–H groups in total. The van der Waals surface area contributed by atoms with Gasteiger partial charge in [-0.1, -0.05) is 32.3 Å². The van der Waals surface area contributed by atoms with Gasteiger partial charge in [0.2, 0.25) is 5.91 Å². The van der Waals surface area contributed by atoms with E-state index in [9.17, 15) is 9.90 Å². The molecular weight excluding hydrogens is 503 g/mol. The number of halogens is 2. The van der Waals surface area contributed by atoms with Crippen LogP contribution in [0, 0.1) is 5.92 Å². The summed E-state index contributed by atoms with van der Waals surface area (Å²) in [4.78, 5) is 14.7. The van der Waals surface area contributed by atoms with E-state index in [-0.39, 0.29) is 42.7 Å². The quantitative estimate of drug-likeness (QED) is 0.274. The lowest BCUT2D eigenvalue weighted by molar-refractivity contribution is -0.124. The predicted octanol–water partition coefficient (Wildman–Crippen LogP) is 4.66. The molecule has 1 atom stereocenters. The van der Waals surface area contributed by atoms with Crippen molar-refractivity contribution in [1.82, 2.24) is 10.2 Å². The summed E-state index contributed by atoms with van der Waals surface area (Å²) in [6.07, 6.45) is 8.84. The smallest absolute Gasteiger partial charge is 0.222 e. The number of methoxy groups -OCH3 is 2. The van der Waals surface area contributed by atoms with Crippen LogP contribution in [0.25, 0.3) is 0 Å². The van der Waals surface area contributed by atoms with Crippen molar-refractivity contribution >= 4 is 30.7 Å². The minimum atomic E-state index is -0.148. The zero-order chi connectivity index (χ0) is 24.6. The third kappa shape index (κ3) is 13.9. The highest BCUT2D eigenvalue weighted by Crippen LogP contribution is 2.29. The minimum absolute atomic E-state index is 0. The van der Waals surface area contributed by atoms with Crippen molar-refractivity contribution in [3.63, 3.8) is 0 Å². The number of piperidine rings is 1. The number of aliphatic hydroxyl groups excluding tert-OH is 1. The highest BCUT2D eigenvalue weighted by Gasteiger charge is 2.17. The molecule has 1 aliphatic rings. The first-order valence-electron chi connectivity index (χ1n) is 13.0. The number of rotatable bonds is 17. The normalized spacial score (nSPS) is 14.9. The predicted molar refractivity (Wildman–Crippen MR) is 150 cm³/mol. The standard InChI is InChI=1S/C27H46N2O5.2ClH/c1-22(27(31)28-15-18-29-16-13-24(30)14-17-29)9-6-4-5-7-10-23-11-12-25(33-3)26(21-23)34-20-8-19-32-2;;/h11-12,21-22,24,30H,4-10,13-20H2,1-3H3,(H,28,31);2*1H/t22-;;/m1../s1. The number of nitrogens with one attached hydrogen (secondary N) is 1. The van der Waals surface area contributed by atoms with E-state index in [2.05, 4.69) is 22.3 Å². The minimum Gasteiger partial charge on any atom is -0.493 e. The van der Waals surface area contributed by atoms with Gasteiger partial charge in [0.05, 0.1) is 19.8 Å². The molecule has 9 heteroatoms. The maximum atomic E-state index is 12.3. The van der Waals surface area contributed by atoms with Gasteiger partial charge in [0, 0.05) is 52.2 Å². The Hall–Kier alpha value is -1.25. The number of unbranched alkanes of at least 4 members (excludes halogenated alkanes) is 3. The molecule has 0 saturated carbocycles. The summed E-state index contributed by atoms with van der Waals surface area (Å²) in [6.45, 7) is 6.74. The molecule has 0 bridgehead atoms. The second kappa shape index (κ2) is 20.8. The Morgan fingerprint density at radius 1 is 1.06 bits per heavy atom. The summed E-state index contributed by atoms with van der Waals surface area (Å²) in [5, 5.41) is 12.7. The lowest BCUT2D eigenvalue weighted by Crippen LogP contribution is -2.41. The third-order valence-corrected chi connectivity index (χ3v) is 6.56. The van der Waals surface area contributed by atoms with Crippen LogP contribution in [0.3, 0.4) is 0 Å². The third-order valence-electron chi connectivity index (χ3n) is 6.56. The van der Waals surface area contributed by atoms with Crippen molar-refractivity contribution in [1.29, 1.82) is 0 Å². The van der Waals surface area contributed by atoms with Gasteiger partial charge in [0.1, 0.15) is 0 Å². The van der Waals surface area contributed by atoms with Gasteiger partial charge in [-0.15, -0.1) is 24.8 Å². The fourth-order valence-electron chi connectivity index (χ4n) is 4.29. The Morgan fingerprint density at radius 3 is 2.47 bits per heavy atom. The van der Waals surface area contributed by atoms with Crippen LogP contribution >= 0.6 is 24.8 Å². The summed E-state index contributed by atoms with van der Waals surface area (Å²) in [6, 6.07) is 6.18. The zero-order valence-corrected chi connectivity index (χ0v) is 24.0. The van der Waals surface area contributed by atoms with Crippen molar-refractivity contribution in [3.8, 4) is 11.5 Å². The van der Waals surface area contributed by atoms with Crippen LogP contribution in [0.1, 0.15) is 63.9 Å². The van der Waals surface area contributed by atoms with Gasteiger partial charge in [0.25, 0.3) is 0 Å². The number of carbonyl (C=O) groups excluding carboxylic acids is 1. The highest BCUT2D eigenvalue weighted by atomic mass is 35.5. The largest absolute Gasteiger partial charge is 0.493 e. The number of hydrogen-bond acceptors (Lipinski definition) is 6. The Morgan fingerprint density at radius 2 is 1.78 bits per heavy atom. The summed E-state index contributed by atoms with van der Waals surface area (Å²) in [5.41, 5.74) is 1.26. The average molecular weight is 552 g/mol. The number of aliphatic hydroxyl groups is 1. The molecule has 1 amide bonds. The molecule has 1 aromatic rings. The van der Waals surface area contributed by atoms with Gasteiger partial charge < -0.3 is 29.5 Å². The molecule has 1 aromatic carbocycles. The van der Waals surface area contributed by atoms with Crippen LogP contribution < -0.4 is 14.8 Å². The van der Waals surface area contributed by atoms with E-state index in [0.29, 0.717) is 19.8 Å². The summed E-state index contributed by atoms with van der Waals surface area (Å²) in [5.74, 6) is 1.79. The molecule has 7 nitrogen and oxygen atoms in total. The number of carbonyl (C=O) groups is 1. The van der Waals surface area contributed by atoms with Crippen molar-refractivity contribution in [2.75, 3.05) is 53.6 Å². The van der Waals surface area contributed by atoms with Gasteiger partial charge in [-0.2, -0.15) is 0 Å². The number of amides is 1. The molecule has 1 saturated heterocycles. The number of aryl methyl sites for hydroxylation is 1. The van der Waals surface area contributed by atoms with Gasteiger partial charge in [-0.05, 0) is 49.8 Å². The van der Waals surface area contributed by atoms with Crippen LogP contribution in [0.15, 0.2) is 18.2 Å². The van der Waals surface area contributed by atoms with E-state index in [1.165, 1.54) is 5.56 Å². The number of likely N-dealkylation sites (tertiary alicyclic amines) is 1. The molecule has 210 valence electrons. The molecule has 0 aliphatic carbocycles. The molecule has 0 aromatic heterocycles. The van der Waals surface area contributed by atoms with Crippen molar-refractivity contribution < 1.29 is 24.1 Å². The van der Waals surface area contributed by atoms with Crippen LogP contribution in [-0.2, 0) is 16.0 Å². The first-order chi connectivity index (χ1) is 16.5. The topological polar surface area (TPSA) is 80.3 Å². The van der Waals surface area contributed by atoms with E-state index >= 15 is 0 Å². The SMILES string of the molecule is COCCCOc1cc(CCCCCC[C@@H](C)C(=O)NCCN2CCC(O)CC2)ccc1OC.Cl.Cl. The lowest BCUT2D eigenvalue weighted by atomic mass is 10.00. The highest BCUT2D eigenvalue weighted by molar-refractivity contribution is 5.85. The Balaban J connectivity index is 0.00000612. The van der Waals surface area contributed by atoms with E-state index in [1.807, 2.05) is 13.0 Å². The molecule has 1 heterocycles. The van der Waals surface area contributed by atoms with Crippen LogP contribution in [0.4, 0.5) is 0 Å². The summed E-state index contributed by atoms with van der Waals surface area (Å²) < 4.78 is 16.4. The Bertz CT molecular complexity index is 703. The molecule has 0 radical (unpaired) electrons. The molecule has 1 fully saturated rings. The Labute approximate surface area is 230 Å². The summed E-state index contributed by atoms with van der Waals surface area (Å²) in [7, 11) is 3.36. The van der Waals surface area contributed by atoms with Crippen LogP contribution in [0.5, 0.6) is 11.5 Å². The second-order valence-corrected chi connectivity index (χ2v) is 9.40. The number of nitrogens with zero attached hydrogens (tertiary/aromatic N) is 1. The summed E-state index contributed by atoms with van der Waals surface area (Å²) >= 11 is 0. The van der Waals surface area contributed by atoms with Gasteiger partial charge >= 0.3 is 0 Å². The van der Waals surface area contributed by atoms with E-state index in [4.69, 9.17) is 14.2 Å². The second-order valence-electron chi connectivity index (χ2n) is 9.40. The van der Waals surface area contributed by atoms with Crippen molar-refractivity contribution in [2.45, 2.75) is 70.8 Å². The average Bonchev–Trinajstić information content (AvgIpc) is 2.85. The first kappa shape index (κ1) is 34.8. The maximum Gasteiger partial charge on any atom is 0.222 e. The molecular formula is C27H48Cl2N2O5.